The Morgan fingerprint density at radius 2 is 2.21 bits per heavy atom. The molecule has 28 heavy (non-hydrogen) atoms. The molecular weight excluding hydrogens is 343 g/mol. The van der Waals surface area contributed by atoms with Crippen LogP contribution >= 0.6 is 0 Å². The van der Waals surface area contributed by atoms with E-state index in [1.54, 1.807) is 0 Å². The number of nitrogens with one attached hydrogen (secondary N) is 1. The van der Waals surface area contributed by atoms with E-state index in [0.717, 1.165) is 50.6 Å². The van der Waals surface area contributed by atoms with Crippen LogP contribution in [-0.4, -0.2) is 24.0 Å². The third-order valence-corrected chi connectivity index (χ3v) is 5.13. The lowest BCUT2D eigenvalue weighted by atomic mass is 9.68. The van der Waals surface area contributed by atoms with Gasteiger partial charge in [0.25, 0.3) is 0 Å². The number of nitrogens with zero attached hydrogens (tertiary/aromatic N) is 2. The Labute approximate surface area is 170 Å². The second-order valence-corrected chi connectivity index (χ2v) is 7.70. The molecule has 0 amide bonds. The van der Waals surface area contributed by atoms with Crippen molar-refractivity contribution in [2.24, 2.45) is 10.7 Å². The van der Waals surface area contributed by atoms with Crippen molar-refractivity contribution in [1.29, 1.82) is 0 Å². The quantitative estimate of drug-likeness (QED) is 0.415. The Morgan fingerprint density at radius 1 is 1.36 bits per heavy atom. The summed E-state index contributed by atoms with van der Waals surface area (Å²) < 4.78 is 0. The molecule has 1 aromatic rings. The van der Waals surface area contributed by atoms with E-state index in [1.165, 1.54) is 29.7 Å². The van der Waals surface area contributed by atoms with Gasteiger partial charge in [-0.2, -0.15) is 0 Å². The Bertz CT molecular complexity index is 825. The van der Waals surface area contributed by atoms with Crippen molar-refractivity contribution >= 4 is 13.0 Å². The van der Waals surface area contributed by atoms with Gasteiger partial charge in [0, 0.05) is 54.5 Å². The van der Waals surface area contributed by atoms with Crippen molar-refractivity contribution < 1.29 is 0 Å². The van der Waals surface area contributed by atoms with Crippen LogP contribution < -0.4 is 11.1 Å². The van der Waals surface area contributed by atoms with Gasteiger partial charge in [-0.3, -0.25) is 9.98 Å². The van der Waals surface area contributed by atoms with Crippen molar-refractivity contribution in [3.05, 3.63) is 53.1 Å². The lowest BCUT2D eigenvalue weighted by molar-refractivity contribution is 0.834. The first kappa shape index (κ1) is 20.4. The average molecular weight is 374 g/mol. The van der Waals surface area contributed by atoms with Gasteiger partial charge in [-0.15, -0.1) is 11.8 Å². The molecule has 146 valence electrons. The maximum atomic E-state index is 6.29. The Balaban J connectivity index is 1.54. The average Bonchev–Trinajstić information content (AvgIpc) is 3.51. The number of unbranched alkanes of at least 4 members (excludes halogenated alkanes) is 1. The topological polar surface area (TPSA) is 63.3 Å². The molecule has 0 radical (unpaired) electrons. The van der Waals surface area contributed by atoms with Crippen molar-refractivity contribution in [3.8, 4) is 11.8 Å². The number of aliphatic imine (C=N–C) groups is 1. The second kappa shape index (κ2) is 10.3. The van der Waals surface area contributed by atoms with Crippen LogP contribution in [0.15, 0.2) is 41.3 Å². The van der Waals surface area contributed by atoms with E-state index >= 15 is 0 Å². The maximum Gasteiger partial charge on any atom is 0.142 e. The number of aryl methyl sites for hydroxylation is 1. The van der Waals surface area contributed by atoms with E-state index in [-0.39, 0.29) is 6.04 Å². The van der Waals surface area contributed by atoms with Crippen molar-refractivity contribution in [1.82, 2.24) is 10.3 Å². The van der Waals surface area contributed by atoms with E-state index < -0.39 is 0 Å². The van der Waals surface area contributed by atoms with Crippen LogP contribution in [0.5, 0.6) is 0 Å². The monoisotopic (exact) mass is 374 g/mol. The number of pyridine rings is 1. The number of nitrogens with two attached hydrogens (primary N) is 1. The molecule has 1 aliphatic carbocycles. The molecule has 2 heterocycles. The third-order valence-electron chi connectivity index (χ3n) is 5.13. The van der Waals surface area contributed by atoms with Gasteiger partial charge in [0.15, 0.2) is 0 Å². The normalized spacial score (nSPS) is 19.8. The van der Waals surface area contributed by atoms with Crippen LogP contribution in [0, 0.1) is 18.8 Å². The number of hydrogen-bond donors (Lipinski definition) is 2. The fourth-order valence-corrected chi connectivity index (χ4v) is 3.43. The Hall–Kier alpha value is -2.32. The molecule has 0 spiro atoms. The first-order valence-electron chi connectivity index (χ1n) is 10.5. The molecule has 5 heteroatoms. The number of hydrogen-bond acceptors (Lipinski definition) is 4. The zero-order chi connectivity index (χ0) is 19.8. The molecule has 0 saturated heterocycles. The smallest absolute Gasteiger partial charge is 0.142 e. The summed E-state index contributed by atoms with van der Waals surface area (Å²) in [5, 5.41) is 3.42. The first-order chi connectivity index (χ1) is 13.7. The van der Waals surface area contributed by atoms with Gasteiger partial charge in [-0.25, -0.2) is 0 Å². The van der Waals surface area contributed by atoms with Crippen LogP contribution in [-0.2, 0) is 6.54 Å². The molecule has 0 aromatic carbocycles. The van der Waals surface area contributed by atoms with Gasteiger partial charge in [0.1, 0.15) is 7.28 Å². The Morgan fingerprint density at radius 3 is 2.96 bits per heavy atom. The second-order valence-electron chi connectivity index (χ2n) is 7.70. The van der Waals surface area contributed by atoms with Crippen molar-refractivity contribution in [2.45, 2.75) is 70.7 Å². The molecule has 1 atom stereocenters. The minimum atomic E-state index is -0.108. The zero-order valence-electron chi connectivity index (χ0n) is 17.2. The fourth-order valence-electron chi connectivity index (χ4n) is 3.43. The minimum Gasteiger partial charge on any atom is -0.386 e. The van der Waals surface area contributed by atoms with Gasteiger partial charge in [0.05, 0.1) is 6.04 Å². The highest BCUT2D eigenvalue weighted by atomic mass is 14.9. The predicted octanol–water partition coefficient (Wildman–Crippen LogP) is 3.61. The Kier molecular flexibility index (Phi) is 7.50. The lowest BCUT2D eigenvalue weighted by Gasteiger charge is -2.18. The summed E-state index contributed by atoms with van der Waals surface area (Å²) in [6.07, 6.45) is 14.3. The van der Waals surface area contributed by atoms with Crippen LogP contribution in [0.25, 0.3) is 0 Å². The van der Waals surface area contributed by atoms with E-state index in [2.05, 4.69) is 47.0 Å². The highest BCUT2D eigenvalue weighted by Crippen LogP contribution is 2.40. The van der Waals surface area contributed by atoms with Gasteiger partial charge < -0.3 is 11.1 Å². The highest BCUT2D eigenvalue weighted by Gasteiger charge is 2.26. The molecule has 1 fully saturated rings. The maximum absolute atomic E-state index is 6.29. The molecule has 1 aliphatic heterocycles. The largest absolute Gasteiger partial charge is 0.386 e. The van der Waals surface area contributed by atoms with Gasteiger partial charge in [-0.1, -0.05) is 13.0 Å². The standard InChI is InChI=1S/C23H31BN4/c1-3-4-5-6-10-24-13-22-20(21(25)9-11-27-22)16-26-14-18-12-17(2)23(28-15-18)19-7-8-19/h9,11-12,15-16,19,21,24,26H,3-4,7-8,10,13-14,25H2,1-2H3/b20-16+. The van der Waals surface area contributed by atoms with Crippen LogP contribution in [0.2, 0.25) is 12.6 Å². The van der Waals surface area contributed by atoms with Gasteiger partial charge in [0.2, 0.25) is 0 Å². The van der Waals surface area contributed by atoms with Crippen LogP contribution in [0.1, 0.15) is 55.3 Å². The number of aromatic nitrogens is 1. The SMILES string of the molecule is CCCC#CCBCC1=NC=CC(N)/C1=C\NCc1cnc(C2CC2)c(C)c1. The van der Waals surface area contributed by atoms with E-state index in [9.17, 15) is 0 Å². The molecule has 1 saturated carbocycles. The zero-order valence-corrected chi connectivity index (χ0v) is 17.2. The number of rotatable bonds is 8. The fraction of sp³-hybridized carbons (Fsp3) is 0.478. The molecule has 0 bridgehead atoms. The van der Waals surface area contributed by atoms with E-state index in [0.29, 0.717) is 5.92 Å². The van der Waals surface area contributed by atoms with Crippen LogP contribution in [0.4, 0.5) is 0 Å². The lowest BCUT2D eigenvalue weighted by Crippen LogP contribution is -2.29. The molecule has 1 aromatic heterocycles. The van der Waals surface area contributed by atoms with Gasteiger partial charge >= 0.3 is 0 Å². The summed E-state index contributed by atoms with van der Waals surface area (Å²) in [6, 6.07) is 2.14. The molecule has 2 aliphatic rings. The molecule has 3 rings (SSSR count). The summed E-state index contributed by atoms with van der Waals surface area (Å²) in [7, 11) is 1.01. The third kappa shape index (κ3) is 5.84. The molecule has 1 unspecified atom stereocenters. The van der Waals surface area contributed by atoms with E-state index in [1.807, 2.05) is 24.7 Å². The summed E-state index contributed by atoms with van der Waals surface area (Å²) >= 11 is 0. The highest BCUT2D eigenvalue weighted by molar-refractivity contribution is 6.44. The summed E-state index contributed by atoms with van der Waals surface area (Å²) in [5.41, 5.74) is 12.2. The molecule has 4 nitrogen and oxygen atoms in total. The summed E-state index contributed by atoms with van der Waals surface area (Å²) in [5.74, 6) is 7.14. The van der Waals surface area contributed by atoms with Crippen molar-refractivity contribution in [3.63, 3.8) is 0 Å². The summed E-state index contributed by atoms with van der Waals surface area (Å²) in [4.78, 5) is 9.23. The van der Waals surface area contributed by atoms with Crippen LogP contribution in [0.3, 0.4) is 0 Å². The minimum absolute atomic E-state index is 0.108. The first-order valence-corrected chi connectivity index (χ1v) is 10.5. The van der Waals surface area contributed by atoms with E-state index in [4.69, 9.17) is 5.73 Å². The molecule has 3 N–H and O–H groups in total. The predicted molar refractivity (Wildman–Crippen MR) is 120 cm³/mol. The van der Waals surface area contributed by atoms with Gasteiger partial charge in [-0.05, 0) is 56.0 Å². The van der Waals surface area contributed by atoms with Crippen molar-refractivity contribution in [2.75, 3.05) is 0 Å². The molecular formula is C23H31BN4. The summed E-state index contributed by atoms with van der Waals surface area (Å²) in [6.45, 7) is 5.06.